The lowest BCUT2D eigenvalue weighted by Gasteiger charge is -2.39. The van der Waals surface area contributed by atoms with Gasteiger partial charge in [-0.05, 0) is 50.8 Å². The third kappa shape index (κ3) is 4.18. The maximum absolute atomic E-state index is 13.0. The molecule has 1 amide bonds. The molecule has 0 saturated carbocycles. The molecule has 152 valence electrons. The van der Waals surface area contributed by atoms with Crippen LogP contribution in [0.3, 0.4) is 0 Å². The van der Waals surface area contributed by atoms with Crippen LogP contribution in [0.25, 0.3) is 10.9 Å². The molecule has 0 bridgehead atoms. The van der Waals surface area contributed by atoms with E-state index in [1.807, 2.05) is 11.0 Å². The molecule has 2 aliphatic heterocycles. The molecule has 7 heteroatoms. The Labute approximate surface area is 175 Å². The number of morpholine rings is 1. The van der Waals surface area contributed by atoms with E-state index in [1.165, 1.54) is 0 Å². The van der Waals surface area contributed by atoms with Gasteiger partial charge in [0.1, 0.15) is 5.69 Å². The Bertz CT molecular complexity index is 851. The smallest absolute Gasteiger partial charge is 0.271 e. The quantitative estimate of drug-likeness (QED) is 0.793. The number of ether oxygens (including phenoxy) is 1. The second-order valence-corrected chi connectivity index (χ2v) is 9.03. The molecule has 0 radical (unpaired) electrons. The highest BCUT2D eigenvalue weighted by atomic mass is 35.5. The Morgan fingerprint density at radius 1 is 1.18 bits per heavy atom. The van der Waals surface area contributed by atoms with E-state index >= 15 is 0 Å². The van der Waals surface area contributed by atoms with E-state index in [2.05, 4.69) is 23.7 Å². The largest absolute Gasteiger partial charge is 0.373 e. The number of amides is 1. The van der Waals surface area contributed by atoms with Crippen LogP contribution in [-0.2, 0) is 4.74 Å². The number of nitrogens with zero attached hydrogens (tertiary/aromatic N) is 2. The van der Waals surface area contributed by atoms with Crippen LogP contribution in [0, 0.1) is 5.92 Å². The van der Waals surface area contributed by atoms with Gasteiger partial charge in [0.2, 0.25) is 0 Å². The Hall–Kier alpha value is -1.27. The van der Waals surface area contributed by atoms with Gasteiger partial charge >= 0.3 is 0 Å². The van der Waals surface area contributed by atoms with E-state index in [0.29, 0.717) is 33.9 Å². The molecule has 0 spiro atoms. The Morgan fingerprint density at radius 2 is 1.86 bits per heavy atom. The van der Waals surface area contributed by atoms with Gasteiger partial charge in [-0.2, -0.15) is 0 Å². The molecular weight excluding hydrogens is 397 g/mol. The summed E-state index contributed by atoms with van der Waals surface area (Å²) < 4.78 is 5.83. The Kier molecular flexibility index (Phi) is 5.88. The number of carbonyl (C=O) groups excluding carboxylic acids is 1. The Balaban J connectivity index is 1.37. The molecule has 1 aromatic carbocycles. The number of fused-ring (bicyclic) bond motifs is 1. The molecule has 2 aromatic rings. The van der Waals surface area contributed by atoms with Crippen molar-refractivity contribution in [2.24, 2.45) is 5.92 Å². The van der Waals surface area contributed by atoms with Gasteiger partial charge in [0, 0.05) is 48.6 Å². The van der Waals surface area contributed by atoms with Crippen molar-refractivity contribution in [2.75, 3.05) is 32.7 Å². The first-order chi connectivity index (χ1) is 13.4. The summed E-state index contributed by atoms with van der Waals surface area (Å²) in [5.41, 5.74) is 1.30. The van der Waals surface area contributed by atoms with E-state index in [1.54, 1.807) is 12.1 Å². The van der Waals surface area contributed by atoms with Gasteiger partial charge in [0.15, 0.2) is 0 Å². The lowest BCUT2D eigenvalue weighted by molar-refractivity contribution is -0.0728. The number of nitrogens with one attached hydrogen (secondary N) is 1. The molecule has 0 aliphatic carbocycles. The fraction of sp³-hybridized carbons (Fsp3) is 0.571. The summed E-state index contributed by atoms with van der Waals surface area (Å²) in [6.45, 7) is 8.90. The predicted octanol–water partition coefficient (Wildman–Crippen LogP) is 4.44. The first kappa shape index (κ1) is 20.0. The van der Waals surface area contributed by atoms with Gasteiger partial charge in [0.05, 0.1) is 17.2 Å². The Morgan fingerprint density at radius 3 is 2.54 bits per heavy atom. The van der Waals surface area contributed by atoms with Crippen molar-refractivity contribution in [1.82, 2.24) is 14.8 Å². The van der Waals surface area contributed by atoms with Crippen molar-refractivity contribution >= 4 is 40.0 Å². The summed E-state index contributed by atoms with van der Waals surface area (Å²) in [5, 5.41) is 1.86. The highest BCUT2D eigenvalue weighted by molar-refractivity contribution is 6.39. The molecule has 2 unspecified atom stereocenters. The molecule has 2 fully saturated rings. The number of likely N-dealkylation sites (tertiary alicyclic amines) is 1. The molecule has 4 rings (SSSR count). The van der Waals surface area contributed by atoms with Crippen LogP contribution in [0.2, 0.25) is 10.0 Å². The van der Waals surface area contributed by atoms with Gasteiger partial charge in [-0.3, -0.25) is 9.69 Å². The van der Waals surface area contributed by atoms with Gasteiger partial charge < -0.3 is 14.6 Å². The number of carbonyl (C=O) groups is 1. The van der Waals surface area contributed by atoms with Crippen LogP contribution >= 0.6 is 23.2 Å². The highest BCUT2D eigenvalue weighted by Crippen LogP contribution is 2.31. The SMILES string of the molecule is CC1CN(CC2CCN(C(=O)c3[nH]c4ccc(Cl)cc4c3Cl)CC2)CC(C)O1. The minimum absolute atomic E-state index is 0.0237. The van der Waals surface area contributed by atoms with E-state index in [9.17, 15) is 4.79 Å². The number of aromatic amines is 1. The van der Waals surface area contributed by atoms with Crippen molar-refractivity contribution < 1.29 is 9.53 Å². The average molecular weight is 424 g/mol. The number of rotatable bonds is 3. The summed E-state index contributed by atoms with van der Waals surface area (Å²) in [6.07, 6.45) is 2.64. The minimum Gasteiger partial charge on any atom is -0.373 e. The average Bonchev–Trinajstić information content (AvgIpc) is 2.97. The summed E-state index contributed by atoms with van der Waals surface area (Å²) >= 11 is 12.5. The van der Waals surface area contributed by atoms with E-state index < -0.39 is 0 Å². The second-order valence-electron chi connectivity index (χ2n) is 8.22. The number of aromatic nitrogens is 1. The van der Waals surface area contributed by atoms with Gasteiger partial charge in [-0.25, -0.2) is 0 Å². The topological polar surface area (TPSA) is 48.6 Å². The van der Waals surface area contributed by atoms with Crippen LogP contribution in [0.5, 0.6) is 0 Å². The van der Waals surface area contributed by atoms with E-state index in [0.717, 1.165) is 56.5 Å². The molecule has 1 aromatic heterocycles. The summed E-state index contributed by atoms with van der Waals surface area (Å²) in [6, 6.07) is 5.45. The van der Waals surface area contributed by atoms with Crippen LogP contribution in [0.15, 0.2) is 18.2 Å². The normalized spacial score (nSPS) is 24.8. The van der Waals surface area contributed by atoms with Gasteiger partial charge in [0.25, 0.3) is 5.91 Å². The molecule has 2 saturated heterocycles. The summed E-state index contributed by atoms with van der Waals surface area (Å²) in [5.74, 6) is 0.600. The first-order valence-corrected chi connectivity index (χ1v) is 10.8. The lowest BCUT2D eigenvalue weighted by atomic mass is 9.95. The zero-order valence-corrected chi connectivity index (χ0v) is 17.9. The maximum Gasteiger partial charge on any atom is 0.271 e. The molecular formula is C21H27Cl2N3O2. The van der Waals surface area contributed by atoms with Crippen molar-refractivity contribution in [2.45, 2.75) is 38.9 Å². The van der Waals surface area contributed by atoms with Crippen molar-refractivity contribution in [3.05, 3.63) is 33.9 Å². The molecule has 5 nitrogen and oxygen atoms in total. The van der Waals surface area contributed by atoms with Crippen LogP contribution in [0.1, 0.15) is 37.2 Å². The predicted molar refractivity (Wildman–Crippen MR) is 113 cm³/mol. The number of H-pyrrole nitrogens is 1. The third-order valence-corrected chi connectivity index (χ3v) is 6.45. The van der Waals surface area contributed by atoms with E-state index in [-0.39, 0.29) is 5.91 Å². The highest BCUT2D eigenvalue weighted by Gasteiger charge is 2.29. The standard InChI is InChI=1S/C21H27Cl2N3O2/c1-13-10-25(11-14(2)28-13)12-15-5-7-26(8-6-15)21(27)20-19(23)17-9-16(22)3-4-18(17)24-20/h3-4,9,13-15,24H,5-8,10-12H2,1-2H3. The zero-order valence-electron chi connectivity index (χ0n) is 16.4. The maximum atomic E-state index is 13.0. The van der Waals surface area contributed by atoms with E-state index in [4.69, 9.17) is 27.9 Å². The van der Waals surface area contributed by atoms with Crippen molar-refractivity contribution in [3.63, 3.8) is 0 Å². The monoisotopic (exact) mass is 423 g/mol. The number of hydrogen-bond donors (Lipinski definition) is 1. The van der Waals surface area contributed by atoms with Crippen molar-refractivity contribution in [3.8, 4) is 0 Å². The van der Waals surface area contributed by atoms with Gasteiger partial charge in [-0.1, -0.05) is 23.2 Å². The summed E-state index contributed by atoms with van der Waals surface area (Å²) in [4.78, 5) is 20.6. The third-order valence-electron chi connectivity index (χ3n) is 5.82. The van der Waals surface area contributed by atoms with Crippen LogP contribution < -0.4 is 0 Å². The van der Waals surface area contributed by atoms with Crippen LogP contribution in [0.4, 0.5) is 0 Å². The lowest BCUT2D eigenvalue weighted by Crippen LogP contribution is -2.48. The molecule has 2 aliphatic rings. The number of piperidine rings is 1. The minimum atomic E-state index is -0.0237. The molecule has 2 atom stereocenters. The van der Waals surface area contributed by atoms with Crippen molar-refractivity contribution in [1.29, 1.82) is 0 Å². The number of hydrogen-bond acceptors (Lipinski definition) is 3. The van der Waals surface area contributed by atoms with Crippen LogP contribution in [-0.4, -0.2) is 65.6 Å². The fourth-order valence-corrected chi connectivity index (χ4v) is 5.01. The van der Waals surface area contributed by atoms with Gasteiger partial charge in [-0.15, -0.1) is 0 Å². The number of benzene rings is 1. The molecule has 1 N–H and O–H groups in total. The molecule has 3 heterocycles. The first-order valence-electron chi connectivity index (χ1n) is 10.0. The zero-order chi connectivity index (χ0) is 19.8. The summed E-state index contributed by atoms with van der Waals surface area (Å²) in [7, 11) is 0. The second kappa shape index (κ2) is 8.23. The number of halogens is 2. The fourth-order valence-electron chi connectivity index (χ4n) is 4.55. The molecule has 28 heavy (non-hydrogen) atoms.